The van der Waals surface area contributed by atoms with Gasteiger partial charge in [-0.25, -0.2) is 4.98 Å². The molecule has 0 radical (unpaired) electrons. The molecule has 0 aromatic carbocycles. The Bertz CT molecular complexity index is 355. The fourth-order valence-corrected chi connectivity index (χ4v) is 6.06. The third kappa shape index (κ3) is 3.63. The molecule has 1 aromatic heterocycles. The van der Waals surface area contributed by atoms with Gasteiger partial charge in [0.2, 0.25) is 0 Å². The van der Waals surface area contributed by atoms with Crippen molar-refractivity contribution in [2.45, 2.75) is 43.3 Å². The lowest BCUT2D eigenvalue weighted by Crippen LogP contribution is -2.37. The molecule has 1 aliphatic heterocycles. The number of rotatable bonds is 4. The number of thioether (sulfide) groups is 2. The molecule has 2 rings (SSSR count). The summed E-state index contributed by atoms with van der Waals surface area (Å²) in [7, 11) is 0. The fourth-order valence-electron chi connectivity index (χ4n) is 2.09. The van der Waals surface area contributed by atoms with Crippen LogP contribution in [-0.2, 0) is 6.42 Å². The number of aliphatic hydroxyl groups excluding tert-OH is 1. The van der Waals surface area contributed by atoms with Gasteiger partial charge in [0.25, 0.3) is 0 Å². The number of thiazole rings is 1. The first-order valence-electron chi connectivity index (χ1n) is 6.03. The van der Waals surface area contributed by atoms with Crippen molar-refractivity contribution in [3.8, 4) is 0 Å². The average Bonchev–Trinajstić information content (AvgIpc) is 2.74. The van der Waals surface area contributed by atoms with Crippen molar-refractivity contribution in [1.29, 1.82) is 0 Å². The summed E-state index contributed by atoms with van der Waals surface area (Å²) in [6.07, 6.45) is 1.62. The molecule has 3 unspecified atom stereocenters. The maximum Gasteiger partial charge on any atom is 0.0954 e. The summed E-state index contributed by atoms with van der Waals surface area (Å²) < 4.78 is 0. The van der Waals surface area contributed by atoms with Gasteiger partial charge in [0.15, 0.2) is 0 Å². The van der Waals surface area contributed by atoms with E-state index in [1.165, 1.54) is 11.5 Å². The normalized spacial score (nSPS) is 27.0. The van der Waals surface area contributed by atoms with E-state index >= 15 is 0 Å². The number of nitrogens with zero attached hydrogens (tertiary/aromatic N) is 1. The van der Waals surface area contributed by atoms with E-state index in [0.717, 1.165) is 17.1 Å². The number of aromatic nitrogens is 1. The van der Waals surface area contributed by atoms with Gasteiger partial charge in [-0.15, -0.1) is 11.3 Å². The lowest BCUT2D eigenvalue weighted by molar-refractivity contribution is 0.169. The zero-order valence-corrected chi connectivity index (χ0v) is 12.7. The Balaban J connectivity index is 1.95. The molecule has 1 saturated heterocycles. The van der Waals surface area contributed by atoms with Gasteiger partial charge in [-0.2, -0.15) is 23.5 Å². The van der Waals surface area contributed by atoms with E-state index in [9.17, 15) is 5.11 Å². The fraction of sp³-hybridized carbons (Fsp3) is 0.750. The molecule has 5 heteroatoms. The first kappa shape index (κ1) is 13.7. The van der Waals surface area contributed by atoms with E-state index < -0.39 is 0 Å². The molecule has 1 aliphatic rings. The summed E-state index contributed by atoms with van der Waals surface area (Å²) >= 11 is 5.62. The highest BCUT2D eigenvalue weighted by Gasteiger charge is 2.31. The van der Waals surface area contributed by atoms with Crippen LogP contribution in [0.5, 0.6) is 0 Å². The minimum absolute atomic E-state index is 0.247. The molecule has 2 heterocycles. The van der Waals surface area contributed by atoms with Gasteiger partial charge in [0.05, 0.1) is 11.1 Å². The molecule has 3 atom stereocenters. The Morgan fingerprint density at radius 2 is 2.24 bits per heavy atom. The molecular formula is C12H19NOS3. The van der Waals surface area contributed by atoms with Crippen molar-refractivity contribution < 1.29 is 5.11 Å². The first-order chi connectivity index (χ1) is 8.20. The summed E-state index contributed by atoms with van der Waals surface area (Å²) in [5.74, 6) is 2.39. The molecule has 0 amide bonds. The second-order valence-corrected chi connectivity index (χ2v) is 7.88. The SMILES string of the molecule is CCC1SCCSC1C(O)Cc1nc(C)cs1. The van der Waals surface area contributed by atoms with Gasteiger partial charge in [-0.05, 0) is 13.3 Å². The predicted octanol–water partition coefficient (Wildman–Crippen LogP) is 2.98. The highest BCUT2D eigenvalue weighted by Crippen LogP contribution is 2.36. The van der Waals surface area contributed by atoms with Crippen LogP contribution < -0.4 is 0 Å². The molecule has 1 N–H and O–H groups in total. The van der Waals surface area contributed by atoms with Crippen LogP contribution in [0.2, 0.25) is 0 Å². The standard InChI is InChI=1S/C12H19NOS3/c1-3-10-12(16-5-4-15-10)9(14)6-11-13-8(2)7-17-11/h7,9-10,12,14H,3-6H2,1-2H3. The summed E-state index contributed by atoms with van der Waals surface area (Å²) in [6.45, 7) is 4.23. The van der Waals surface area contributed by atoms with Crippen LogP contribution in [0.25, 0.3) is 0 Å². The van der Waals surface area contributed by atoms with E-state index in [1.54, 1.807) is 11.3 Å². The van der Waals surface area contributed by atoms with Gasteiger partial charge in [0.1, 0.15) is 0 Å². The van der Waals surface area contributed by atoms with Crippen molar-refractivity contribution in [1.82, 2.24) is 4.98 Å². The quantitative estimate of drug-likeness (QED) is 0.924. The first-order valence-corrected chi connectivity index (χ1v) is 9.00. The molecule has 2 nitrogen and oxygen atoms in total. The van der Waals surface area contributed by atoms with Crippen molar-refractivity contribution >= 4 is 34.9 Å². The average molecular weight is 289 g/mol. The molecule has 1 aromatic rings. The largest absolute Gasteiger partial charge is 0.391 e. The minimum Gasteiger partial charge on any atom is -0.391 e. The third-order valence-electron chi connectivity index (χ3n) is 2.92. The Kier molecular flexibility index (Phi) is 5.21. The number of hydrogen-bond donors (Lipinski definition) is 1. The summed E-state index contributed by atoms with van der Waals surface area (Å²) in [4.78, 5) is 4.44. The molecule has 0 saturated carbocycles. The topological polar surface area (TPSA) is 33.1 Å². The summed E-state index contributed by atoms with van der Waals surface area (Å²) in [5.41, 5.74) is 1.06. The van der Waals surface area contributed by atoms with E-state index in [1.807, 2.05) is 30.4 Å². The Morgan fingerprint density at radius 3 is 2.88 bits per heavy atom. The van der Waals surface area contributed by atoms with Crippen molar-refractivity contribution in [2.24, 2.45) is 0 Å². The van der Waals surface area contributed by atoms with Gasteiger partial charge in [-0.1, -0.05) is 6.92 Å². The Morgan fingerprint density at radius 1 is 1.47 bits per heavy atom. The summed E-state index contributed by atoms with van der Waals surface area (Å²) in [5, 5.41) is 14.5. The molecule has 17 heavy (non-hydrogen) atoms. The predicted molar refractivity (Wildman–Crippen MR) is 79.3 cm³/mol. The van der Waals surface area contributed by atoms with Crippen molar-refractivity contribution in [2.75, 3.05) is 11.5 Å². The summed E-state index contributed by atoms with van der Waals surface area (Å²) in [6, 6.07) is 0. The molecular weight excluding hydrogens is 270 g/mol. The molecule has 0 aliphatic carbocycles. The smallest absolute Gasteiger partial charge is 0.0954 e. The maximum atomic E-state index is 10.4. The second-order valence-electron chi connectivity index (χ2n) is 4.31. The van der Waals surface area contributed by atoms with Crippen LogP contribution in [0.15, 0.2) is 5.38 Å². The van der Waals surface area contributed by atoms with Gasteiger partial charge < -0.3 is 5.11 Å². The van der Waals surface area contributed by atoms with Crippen molar-refractivity contribution in [3.63, 3.8) is 0 Å². The van der Waals surface area contributed by atoms with Crippen LogP contribution in [0.1, 0.15) is 24.0 Å². The molecule has 96 valence electrons. The minimum atomic E-state index is -0.247. The number of aliphatic hydroxyl groups is 1. The highest BCUT2D eigenvalue weighted by atomic mass is 32.2. The van der Waals surface area contributed by atoms with Crippen LogP contribution in [0.3, 0.4) is 0 Å². The Labute approximate surface area is 116 Å². The maximum absolute atomic E-state index is 10.4. The van der Waals surface area contributed by atoms with Crippen LogP contribution in [0, 0.1) is 6.92 Å². The van der Waals surface area contributed by atoms with Crippen LogP contribution in [-0.4, -0.2) is 38.2 Å². The van der Waals surface area contributed by atoms with Gasteiger partial charge >= 0.3 is 0 Å². The van der Waals surface area contributed by atoms with E-state index in [0.29, 0.717) is 16.9 Å². The highest BCUT2D eigenvalue weighted by molar-refractivity contribution is 8.07. The van der Waals surface area contributed by atoms with E-state index in [2.05, 4.69) is 17.3 Å². The lowest BCUT2D eigenvalue weighted by Gasteiger charge is -2.33. The van der Waals surface area contributed by atoms with E-state index in [-0.39, 0.29) is 6.10 Å². The zero-order valence-electron chi connectivity index (χ0n) is 10.3. The van der Waals surface area contributed by atoms with Gasteiger partial charge in [-0.3, -0.25) is 0 Å². The van der Waals surface area contributed by atoms with Crippen molar-refractivity contribution in [3.05, 3.63) is 16.1 Å². The number of hydrogen-bond acceptors (Lipinski definition) is 5. The monoisotopic (exact) mass is 289 g/mol. The van der Waals surface area contributed by atoms with Crippen LogP contribution in [0.4, 0.5) is 0 Å². The zero-order chi connectivity index (χ0) is 12.3. The molecule has 1 fully saturated rings. The molecule has 0 bridgehead atoms. The van der Waals surface area contributed by atoms with Gasteiger partial charge in [0, 0.05) is 39.5 Å². The van der Waals surface area contributed by atoms with Crippen LogP contribution >= 0.6 is 34.9 Å². The number of aryl methyl sites for hydroxylation is 1. The third-order valence-corrected chi connectivity index (χ3v) is 7.31. The Hall–Kier alpha value is 0.290. The van der Waals surface area contributed by atoms with E-state index in [4.69, 9.17) is 0 Å². The lowest BCUT2D eigenvalue weighted by atomic mass is 10.1. The second kappa shape index (κ2) is 6.45. The molecule has 0 spiro atoms.